The van der Waals surface area contributed by atoms with Crippen LogP contribution in [0.15, 0.2) is 78.0 Å². The van der Waals surface area contributed by atoms with Crippen molar-refractivity contribution in [2.24, 2.45) is 0 Å². The maximum atomic E-state index is 12.9. The van der Waals surface area contributed by atoms with E-state index in [1.54, 1.807) is 0 Å². The molecular formula is C20H20N4O4S. The van der Waals surface area contributed by atoms with Crippen LogP contribution in [-0.4, -0.2) is 48.4 Å². The van der Waals surface area contributed by atoms with Crippen molar-refractivity contribution in [1.29, 1.82) is 0 Å². The van der Waals surface area contributed by atoms with Gasteiger partial charge in [-0.25, -0.2) is 8.42 Å². The van der Waals surface area contributed by atoms with Crippen molar-refractivity contribution >= 4 is 21.4 Å². The van der Waals surface area contributed by atoms with E-state index in [9.17, 15) is 18.5 Å². The molecule has 8 nitrogen and oxygen atoms in total. The van der Waals surface area contributed by atoms with Crippen molar-refractivity contribution < 1.29 is 13.3 Å². The summed E-state index contributed by atoms with van der Waals surface area (Å²) in [5, 5.41) is 10.8. The largest absolute Gasteiger partial charge is 0.367 e. The van der Waals surface area contributed by atoms with Crippen molar-refractivity contribution in [3.63, 3.8) is 0 Å². The molecule has 29 heavy (non-hydrogen) atoms. The van der Waals surface area contributed by atoms with Crippen LogP contribution in [0.5, 0.6) is 0 Å². The monoisotopic (exact) mass is 412 g/mol. The van der Waals surface area contributed by atoms with E-state index in [4.69, 9.17) is 0 Å². The minimum Gasteiger partial charge on any atom is -0.367 e. The molecule has 0 unspecified atom stereocenters. The number of sulfonamides is 1. The summed E-state index contributed by atoms with van der Waals surface area (Å²) in [4.78, 5) is 12.5. The summed E-state index contributed by atoms with van der Waals surface area (Å²) in [6, 6.07) is 17.0. The van der Waals surface area contributed by atoms with Gasteiger partial charge in [-0.1, -0.05) is 12.1 Å². The van der Waals surface area contributed by atoms with Crippen LogP contribution in [0.3, 0.4) is 0 Å². The van der Waals surface area contributed by atoms with Gasteiger partial charge in [0.15, 0.2) is 0 Å². The van der Waals surface area contributed by atoms with Crippen molar-refractivity contribution in [1.82, 2.24) is 8.87 Å². The fourth-order valence-corrected chi connectivity index (χ4v) is 4.93. The molecule has 1 aromatic heterocycles. The molecule has 4 rings (SSSR count). The quantitative estimate of drug-likeness (QED) is 0.475. The van der Waals surface area contributed by atoms with Gasteiger partial charge in [0.2, 0.25) is 10.0 Å². The number of hydrogen-bond acceptors (Lipinski definition) is 5. The molecule has 0 saturated carbocycles. The van der Waals surface area contributed by atoms with E-state index in [-0.39, 0.29) is 10.6 Å². The van der Waals surface area contributed by atoms with Crippen LogP contribution >= 0.6 is 0 Å². The maximum absolute atomic E-state index is 12.9. The van der Waals surface area contributed by atoms with Crippen molar-refractivity contribution in [3.8, 4) is 5.69 Å². The number of rotatable bonds is 5. The molecule has 0 bridgehead atoms. The van der Waals surface area contributed by atoms with Gasteiger partial charge >= 0.3 is 0 Å². The first-order valence-electron chi connectivity index (χ1n) is 9.19. The first-order valence-corrected chi connectivity index (χ1v) is 10.6. The van der Waals surface area contributed by atoms with Gasteiger partial charge in [0, 0.05) is 50.7 Å². The Balaban J connectivity index is 1.51. The maximum Gasteiger partial charge on any atom is 0.269 e. The lowest BCUT2D eigenvalue weighted by atomic mass is 10.2. The first-order chi connectivity index (χ1) is 14.0. The van der Waals surface area contributed by atoms with Gasteiger partial charge in [-0.15, -0.1) is 0 Å². The fourth-order valence-electron chi connectivity index (χ4n) is 3.50. The number of nitro benzene ring substituents is 1. The third-order valence-corrected chi connectivity index (χ3v) is 6.94. The molecule has 0 N–H and O–H groups in total. The lowest BCUT2D eigenvalue weighted by Crippen LogP contribution is -2.48. The molecule has 1 aliphatic heterocycles. The second kappa shape index (κ2) is 7.69. The summed E-state index contributed by atoms with van der Waals surface area (Å²) in [7, 11) is -3.68. The van der Waals surface area contributed by atoms with Gasteiger partial charge in [-0.05, 0) is 36.4 Å². The summed E-state index contributed by atoms with van der Waals surface area (Å²) in [6.07, 6.45) is 3.96. The number of para-hydroxylation sites is 2. The molecule has 1 saturated heterocycles. The molecule has 9 heteroatoms. The Bertz CT molecular complexity index is 1100. The zero-order valence-corrected chi connectivity index (χ0v) is 16.4. The Morgan fingerprint density at radius 3 is 1.97 bits per heavy atom. The van der Waals surface area contributed by atoms with Gasteiger partial charge in [0.25, 0.3) is 5.69 Å². The minimum absolute atomic E-state index is 0.0734. The van der Waals surface area contributed by atoms with E-state index >= 15 is 0 Å². The van der Waals surface area contributed by atoms with Crippen LogP contribution in [0, 0.1) is 10.1 Å². The predicted octanol–water partition coefficient (Wildman–Crippen LogP) is 2.90. The molecule has 0 spiro atoms. The van der Waals surface area contributed by atoms with Crippen LogP contribution in [0.1, 0.15) is 0 Å². The highest BCUT2D eigenvalue weighted by atomic mass is 32.2. The van der Waals surface area contributed by atoms with Crippen LogP contribution in [-0.2, 0) is 10.0 Å². The molecule has 3 aromatic rings. The van der Waals surface area contributed by atoms with Crippen molar-refractivity contribution in [3.05, 3.63) is 83.2 Å². The van der Waals surface area contributed by atoms with Crippen LogP contribution in [0.2, 0.25) is 0 Å². The number of aromatic nitrogens is 1. The highest BCUT2D eigenvalue weighted by Gasteiger charge is 2.29. The molecule has 2 aromatic carbocycles. The second-order valence-corrected chi connectivity index (χ2v) is 8.66. The lowest BCUT2D eigenvalue weighted by Gasteiger charge is -2.36. The lowest BCUT2D eigenvalue weighted by molar-refractivity contribution is -0.384. The summed E-state index contributed by atoms with van der Waals surface area (Å²) in [5.74, 6) is 0. The van der Waals surface area contributed by atoms with Crippen molar-refractivity contribution in [2.45, 2.75) is 4.90 Å². The SMILES string of the molecule is O=[N+]([O-])c1ccc(S(=O)(=O)N2CCN(c3ccccc3-n3cccc3)CC2)cc1. The predicted molar refractivity (Wildman–Crippen MR) is 110 cm³/mol. The topological polar surface area (TPSA) is 88.7 Å². The molecular weight excluding hydrogens is 392 g/mol. The summed E-state index contributed by atoms with van der Waals surface area (Å²) in [5.41, 5.74) is 1.97. The van der Waals surface area contributed by atoms with E-state index in [0.29, 0.717) is 26.2 Å². The molecule has 1 fully saturated rings. The van der Waals surface area contributed by atoms with Gasteiger partial charge in [-0.3, -0.25) is 10.1 Å². The number of benzene rings is 2. The first kappa shape index (κ1) is 19.2. The summed E-state index contributed by atoms with van der Waals surface area (Å²) in [6.45, 7) is 1.81. The Hall–Kier alpha value is -3.17. The van der Waals surface area contributed by atoms with Crippen LogP contribution in [0.4, 0.5) is 11.4 Å². The van der Waals surface area contributed by atoms with E-state index < -0.39 is 14.9 Å². The number of piperazine rings is 1. The number of nitro groups is 1. The molecule has 1 aliphatic rings. The Kier molecular flexibility index (Phi) is 5.08. The highest BCUT2D eigenvalue weighted by molar-refractivity contribution is 7.89. The van der Waals surface area contributed by atoms with E-state index in [0.717, 1.165) is 11.4 Å². The van der Waals surface area contributed by atoms with E-state index in [1.165, 1.54) is 28.6 Å². The Morgan fingerprint density at radius 2 is 1.38 bits per heavy atom. The average molecular weight is 412 g/mol. The van der Waals surface area contributed by atoms with Crippen LogP contribution < -0.4 is 4.90 Å². The molecule has 0 radical (unpaired) electrons. The molecule has 0 amide bonds. The van der Waals surface area contributed by atoms with E-state index in [2.05, 4.69) is 4.90 Å². The average Bonchev–Trinajstić information content (AvgIpc) is 3.29. The summed E-state index contributed by atoms with van der Waals surface area (Å²) >= 11 is 0. The number of nitrogens with zero attached hydrogens (tertiary/aromatic N) is 4. The molecule has 2 heterocycles. The standard InChI is InChI=1S/C20H20N4O4S/c25-24(26)17-7-9-18(10-8-17)29(27,28)23-15-13-22(14-16-23)20-6-2-1-5-19(20)21-11-3-4-12-21/h1-12H,13-16H2. The molecule has 0 atom stereocenters. The van der Waals surface area contributed by atoms with Crippen molar-refractivity contribution in [2.75, 3.05) is 31.1 Å². The van der Waals surface area contributed by atoms with Gasteiger partial charge in [0.1, 0.15) is 0 Å². The number of non-ortho nitro benzene ring substituents is 1. The van der Waals surface area contributed by atoms with Gasteiger partial charge in [0.05, 0.1) is 21.2 Å². The number of anilines is 1. The molecule has 150 valence electrons. The minimum atomic E-state index is -3.68. The third kappa shape index (κ3) is 3.74. The van der Waals surface area contributed by atoms with Crippen LogP contribution in [0.25, 0.3) is 5.69 Å². The van der Waals surface area contributed by atoms with Gasteiger partial charge < -0.3 is 9.47 Å². The third-order valence-electron chi connectivity index (χ3n) is 5.03. The van der Waals surface area contributed by atoms with E-state index in [1.807, 2.05) is 53.4 Å². The normalized spacial score (nSPS) is 15.4. The number of hydrogen-bond donors (Lipinski definition) is 0. The zero-order chi connectivity index (χ0) is 20.4. The smallest absolute Gasteiger partial charge is 0.269 e. The Morgan fingerprint density at radius 1 is 0.793 bits per heavy atom. The Labute approximate surface area is 168 Å². The van der Waals surface area contributed by atoms with Gasteiger partial charge in [-0.2, -0.15) is 4.31 Å². The molecule has 0 aliphatic carbocycles. The fraction of sp³-hybridized carbons (Fsp3) is 0.200. The summed E-state index contributed by atoms with van der Waals surface area (Å²) < 4.78 is 29.3. The highest BCUT2D eigenvalue weighted by Crippen LogP contribution is 2.27. The zero-order valence-electron chi connectivity index (χ0n) is 15.6. The second-order valence-electron chi connectivity index (χ2n) is 6.72.